The van der Waals surface area contributed by atoms with Crippen LogP contribution >= 0.6 is 0 Å². The van der Waals surface area contributed by atoms with Crippen molar-refractivity contribution < 1.29 is 19.1 Å². The molecule has 0 bridgehead atoms. The molecule has 1 N–H and O–H groups in total. The summed E-state index contributed by atoms with van der Waals surface area (Å²) in [5, 5.41) is 2.82. The summed E-state index contributed by atoms with van der Waals surface area (Å²) in [5.41, 5.74) is 2.01. The minimum atomic E-state index is -1.03. The average molecular weight is 339 g/mol. The molecule has 0 atom stereocenters. The quantitative estimate of drug-likeness (QED) is 0.867. The van der Waals surface area contributed by atoms with E-state index in [1.165, 1.54) is 0 Å². The number of carbonyl (C=O) groups is 2. The highest BCUT2D eigenvalue weighted by Crippen LogP contribution is 2.32. The predicted octanol–water partition coefficient (Wildman–Crippen LogP) is 3.42. The third kappa shape index (κ3) is 3.50. The van der Waals surface area contributed by atoms with Crippen LogP contribution in [-0.4, -0.2) is 24.0 Å². The first-order chi connectivity index (χ1) is 11.8. The number of benzene rings is 2. The number of ether oxygens (including phenoxy) is 2. The minimum Gasteiger partial charge on any atom is -0.454 e. The molecule has 1 amide bonds. The van der Waals surface area contributed by atoms with E-state index in [2.05, 4.69) is 5.32 Å². The van der Waals surface area contributed by atoms with Gasteiger partial charge in [0.05, 0.1) is 5.54 Å². The minimum absolute atomic E-state index is 0.131. The summed E-state index contributed by atoms with van der Waals surface area (Å²) in [6, 6.07) is 10.6. The van der Waals surface area contributed by atoms with E-state index in [0.29, 0.717) is 22.6 Å². The van der Waals surface area contributed by atoms with Gasteiger partial charge in [-0.3, -0.25) is 9.59 Å². The lowest BCUT2D eigenvalue weighted by Crippen LogP contribution is -2.49. The second-order valence-corrected chi connectivity index (χ2v) is 6.85. The summed E-state index contributed by atoms with van der Waals surface area (Å²) in [6.07, 6.45) is 0. The number of carbonyl (C=O) groups excluding carboxylic acids is 2. The van der Waals surface area contributed by atoms with Gasteiger partial charge >= 0.3 is 0 Å². The van der Waals surface area contributed by atoms with Gasteiger partial charge in [0, 0.05) is 11.1 Å². The molecule has 0 radical (unpaired) electrons. The zero-order valence-electron chi connectivity index (χ0n) is 14.8. The van der Waals surface area contributed by atoms with Crippen LogP contribution in [0.5, 0.6) is 11.5 Å². The van der Waals surface area contributed by atoms with Crippen molar-refractivity contribution in [2.45, 2.75) is 33.2 Å². The molecule has 1 aliphatic rings. The molecule has 5 heteroatoms. The smallest absolute Gasteiger partial charge is 0.252 e. The Bertz CT molecular complexity index is 835. The molecule has 25 heavy (non-hydrogen) atoms. The molecule has 0 saturated heterocycles. The number of hydrogen-bond acceptors (Lipinski definition) is 4. The van der Waals surface area contributed by atoms with E-state index in [9.17, 15) is 9.59 Å². The zero-order chi connectivity index (χ0) is 18.2. The molecule has 0 saturated carbocycles. The van der Waals surface area contributed by atoms with E-state index < -0.39 is 5.54 Å². The lowest BCUT2D eigenvalue weighted by Gasteiger charge is -2.25. The van der Waals surface area contributed by atoms with Crippen molar-refractivity contribution in [1.29, 1.82) is 0 Å². The fraction of sp³-hybridized carbons (Fsp3) is 0.300. The maximum Gasteiger partial charge on any atom is 0.252 e. The van der Waals surface area contributed by atoms with Gasteiger partial charge in [0.25, 0.3) is 5.91 Å². The molecule has 2 aromatic carbocycles. The Morgan fingerprint density at radius 3 is 2.24 bits per heavy atom. The Morgan fingerprint density at radius 2 is 1.56 bits per heavy atom. The summed E-state index contributed by atoms with van der Waals surface area (Å²) in [6.45, 7) is 7.46. The molecular formula is C20H21NO4. The Kier molecular flexibility index (Phi) is 4.25. The van der Waals surface area contributed by atoms with E-state index in [1.54, 1.807) is 32.0 Å². The molecule has 0 fully saturated rings. The van der Waals surface area contributed by atoms with Crippen molar-refractivity contribution in [3.05, 3.63) is 58.7 Å². The van der Waals surface area contributed by atoms with Crippen LogP contribution < -0.4 is 14.8 Å². The van der Waals surface area contributed by atoms with Crippen LogP contribution in [0.15, 0.2) is 36.4 Å². The monoisotopic (exact) mass is 339 g/mol. The maximum absolute atomic E-state index is 12.9. The number of rotatable bonds is 4. The van der Waals surface area contributed by atoms with Gasteiger partial charge < -0.3 is 14.8 Å². The lowest BCUT2D eigenvalue weighted by atomic mass is 9.91. The summed E-state index contributed by atoms with van der Waals surface area (Å²) in [7, 11) is 0. The highest BCUT2D eigenvalue weighted by Gasteiger charge is 2.31. The Labute approximate surface area is 147 Å². The molecule has 2 aromatic rings. The number of fused-ring (bicyclic) bond motifs is 1. The van der Waals surface area contributed by atoms with Gasteiger partial charge in [-0.25, -0.2) is 0 Å². The van der Waals surface area contributed by atoms with Crippen LogP contribution in [0.4, 0.5) is 0 Å². The third-order valence-electron chi connectivity index (χ3n) is 4.11. The van der Waals surface area contributed by atoms with Crippen LogP contribution in [0.3, 0.4) is 0 Å². The van der Waals surface area contributed by atoms with Crippen molar-refractivity contribution >= 4 is 11.7 Å². The number of ketones is 1. The lowest BCUT2D eigenvalue weighted by molar-refractivity contribution is 0.0798. The van der Waals surface area contributed by atoms with Crippen LogP contribution in [0.2, 0.25) is 0 Å². The van der Waals surface area contributed by atoms with Crippen molar-refractivity contribution in [2.75, 3.05) is 6.79 Å². The van der Waals surface area contributed by atoms with E-state index in [-0.39, 0.29) is 18.5 Å². The summed E-state index contributed by atoms with van der Waals surface area (Å²) in [4.78, 5) is 25.4. The van der Waals surface area contributed by atoms with E-state index in [1.807, 2.05) is 32.0 Å². The predicted molar refractivity (Wildman–Crippen MR) is 94.4 cm³/mol. The molecule has 0 aliphatic carbocycles. The molecule has 0 aromatic heterocycles. The van der Waals surface area contributed by atoms with Crippen molar-refractivity contribution in [1.82, 2.24) is 5.32 Å². The number of hydrogen-bond donors (Lipinski definition) is 1. The van der Waals surface area contributed by atoms with Crippen molar-refractivity contribution in [3.63, 3.8) is 0 Å². The largest absolute Gasteiger partial charge is 0.454 e. The molecule has 1 aliphatic heterocycles. The van der Waals surface area contributed by atoms with Gasteiger partial charge in [-0.1, -0.05) is 17.2 Å². The van der Waals surface area contributed by atoms with Gasteiger partial charge in [0.2, 0.25) is 6.79 Å². The van der Waals surface area contributed by atoms with Crippen LogP contribution in [-0.2, 0) is 0 Å². The number of aryl methyl sites for hydroxylation is 2. The van der Waals surface area contributed by atoms with Gasteiger partial charge in [0.1, 0.15) is 0 Å². The third-order valence-corrected chi connectivity index (χ3v) is 4.11. The molecule has 1 heterocycles. The Hall–Kier alpha value is -2.82. The standard InChI is InChI=1S/C20H21NO4/c1-12-7-13(2)9-15(8-12)18(22)20(3,4)21-19(23)14-5-6-16-17(10-14)25-11-24-16/h5-10H,11H2,1-4H3,(H,21,23). The highest BCUT2D eigenvalue weighted by molar-refractivity contribution is 6.07. The summed E-state index contributed by atoms with van der Waals surface area (Å²) >= 11 is 0. The summed E-state index contributed by atoms with van der Waals surface area (Å²) < 4.78 is 10.5. The van der Waals surface area contributed by atoms with Crippen LogP contribution in [0.25, 0.3) is 0 Å². The number of Topliss-reactive ketones (excluding diaryl/α,β-unsaturated/α-hetero) is 1. The molecular weight excluding hydrogens is 318 g/mol. The molecule has 3 rings (SSSR count). The Balaban J connectivity index is 1.80. The fourth-order valence-electron chi connectivity index (χ4n) is 2.92. The second kappa shape index (κ2) is 6.24. The first kappa shape index (κ1) is 17.0. The van der Waals surface area contributed by atoms with E-state index in [0.717, 1.165) is 11.1 Å². The van der Waals surface area contributed by atoms with E-state index in [4.69, 9.17) is 9.47 Å². The van der Waals surface area contributed by atoms with Gasteiger partial charge in [0.15, 0.2) is 17.3 Å². The van der Waals surface area contributed by atoms with Gasteiger partial charge in [-0.2, -0.15) is 0 Å². The number of nitrogens with one attached hydrogen (secondary N) is 1. The normalized spacial score (nSPS) is 12.8. The first-order valence-corrected chi connectivity index (χ1v) is 8.11. The number of amides is 1. The van der Waals surface area contributed by atoms with Crippen molar-refractivity contribution in [3.8, 4) is 11.5 Å². The van der Waals surface area contributed by atoms with Crippen LogP contribution in [0, 0.1) is 13.8 Å². The molecule has 0 unspecified atom stereocenters. The second-order valence-electron chi connectivity index (χ2n) is 6.85. The molecule has 5 nitrogen and oxygen atoms in total. The molecule has 0 spiro atoms. The Morgan fingerprint density at radius 1 is 0.920 bits per heavy atom. The zero-order valence-corrected chi connectivity index (χ0v) is 14.8. The fourth-order valence-corrected chi connectivity index (χ4v) is 2.92. The average Bonchev–Trinajstić information content (AvgIpc) is 3.00. The van der Waals surface area contributed by atoms with Crippen molar-refractivity contribution in [2.24, 2.45) is 0 Å². The summed E-state index contributed by atoms with van der Waals surface area (Å²) in [5.74, 6) is 0.683. The van der Waals surface area contributed by atoms with Crippen LogP contribution in [0.1, 0.15) is 45.7 Å². The highest BCUT2D eigenvalue weighted by atomic mass is 16.7. The maximum atomic E-state index is 12.9. The van der Waals surface area contributed by atoms with Gasteiger partial charge in [-0.05, 0) is 58.0 Å². The van der Waals surface area contributed by atoms with Gasteiger partial charge in [-0.15, -0.1) is 0 Å². The first-order valence-electron chi connectivity index (χ1n) is 8.11. The molecule has 130 valence electrons. The SMILES string of the molecule is Cc1cc(C)cc(C(=O)C(C)(C)NC(=O)c2ccc3c(c2)OCO3)c1. The topological polar surface area (TPSA) is 64.6 Å². The van der Waals surface area contributed by atoms with E-state index >= 15 is 0 Å².